The van der Waals surface area contributed by atoms with E-state index in [0.717, 1.165) is 0 Å². The van der Waals surface area contributed by atoms with E-state index in [1.807, 2.05) is 6.92 Å². The second kappa shape index (κ2) is 11.4. The zero-order valence-corrected chi connectivity index (χ0v) is 20.5. The molecule has 0 atom stereocenters. The third kappa shape index (κ3) is 5.65. The van der Waals surface area contributed by atoms with E-state index in [1.165, 1.54) is 35.7 Å². The van der Waals surface area contributed by atoms with Gasteiger partial charge in [0.05, 0.1) is 25.3 Å². The Morgan fingerprint density at radius 3 is 2.22 bits per heavy atom. The number of sulfonamides is 1. The van der Waals surface area contributed by atoms with Gasteiger partial charge in [-0.2, -0.15) is 4.31 Å². The van der Waals surface area contributed by atoms with Crippen molar-refractivity contribution in [3.63, 3.8) is 0 Å². The number of hydrogen-bond acceptors (Lipinski definition) is 6. The number of anilines is 1. The SMILES string of the molecule is CCOc1ccc(NC(=O)c2cc(Cl)c(OCC)c(OC)c2)cc1S(=O)(=O)N(CC)CC. The van der Waals surface area contributed by atoms with Gasteiger partial charge in [0.15, 0.2) is 11.5 Å². The lowest BCUT2D eigenvalue weighted by molar-refractivity contribution is 0.102. The Kier molecular flexibility index (Phi) is 9.18. The molecule has 32 heavy (non-hydrogen) atoms. The van der Waals surface area contributed by atoms with Gasteiger partial charge in [0.25, 0.3) is 5.91 Å². The molecule has 1 N–H and O–H groups in total. The van der Waals surface area contributed by atoms with Crippen LogP contribution in [-0.4, -0.2) is 52.0 Å². The number of rotatable bonds is 11. The van der Waals surface area contributed by atoms with Crippen molar-refractivity contribution in [1.29, 1.82) is 0 Å². The predicted octanol–water partition coefficient (Wildman–Crippen LogP) is 4.43. The van der Waals surface area contributed by atoms with Crippen LogP contribution in [0.3, 0.4) is 0 Å². The summed E-state index contributed by atoms with van der Waals surface area (Å²) in [6, 6.07) is 7.48. The first-order valence-corrected chi connectivity index (χ1v) is 12.1. The van der Waals surface area contributed by atoms with Gasteiger partial charge in [-0.05, 0) is 44.2 Å². The van der Waals surface area contributed by atoms with Crippen molar-refractivity contribution in [2.75, 3.05) is 38.7 Å². The fourth-order valence-electron chi connectivity index (χ4n) is 3.10. The summed E-state index contributed by atoms with van der Waals surface area (Å²) in [7, 11) is -2.36. The lowest BCUT2D eigenvalue weighted by Gasteiger charge is -2.21. The second-order valence-corrected chi connectivity index (χ2v) is 8.87. The Balaban J connectivity index is 2.43. The first kappa shape index (κ1) is 25.8. The van der Waals surface area contributed by atoms with Gasteiger partial charge in [0.1, 0.15) is 10.6 Å². The normalized spacial score (nSPS) is 11.3. The van der Waals surface area contributed by atoms with Gasteiger partial charge in [-0.25, -0.2) is 8.42 Å². The number of nitrogens with one attached hydrogen (secondary N) is 1. The molecule has 0 bridgehead atoms. The summed E-state index contributed by atoms with van der Waals surface area (Å²) < 4.78 is 43.8. The summed E-state index contributed by atoms with van der Waals surface area (Å²) in [4.78, 5) is 12.9. The van der Waals surface area contributed by atoms with E-state index in [9.17, 15) is 13.2 Å². The van der Waals surface area contributed by atoms with Gasteiger partial charge in [0.2, 0.25) is 10.0 Å². The quantitative estimate of drug-likeness (QED) is 0.507. The molecule has 0 radical (unpaired) electrons. The van der Waals surface area contributed by atoms with Crippen molar-refractivity contribution >= 4 is 33.2 Å². The largest absolute Gasteiger partial charge is 0.493 e. The van der Waals surface area contributed by atoms with E-state index in [-0.39, 0.29) is 21.2 Å². The molecule has 0 unspecified atom stereocenters. The molecule has 1 amide bonds. The highest BCUT2D eigenvalue weighted by atomic mass is 35.5. The third-order valence-corrected chi connectivity index (χ3v) is 6.96. The van der Waals surface area contributed by atoms with Crippen LogP contribution in [0, 0.1) is 0 Å². The topological polar surface area (TPSA) is 94.2 Å². The van der Waals surface area contributed by atoms with Crippen LogP contribution in [0.5, 0.6) is 17.2 Å². The number of carbonyl (C=O) groups excluding carboxylic acids is 1. The highest BCUT2D eigenvalue weighted by molar-refractivity contribution is 7.89. The molecular formula is C22H29ClN2O6S. The third-order valence-electron chi connectivity index (χ3n) is 4.60. The highest BCUT2D eigenvalue weighted by Crippen LogP contribution is 2.37. The van der Waals surface area contributed by atoms with Crippen LogP contribution in [0.15, 0.2) is 35.2 Å². The standard InChI is InChI=1S/C22H29ClN2O6S/c1-6-25(7-2)32(27,28)20-14-16(10-11-18(20)30-8-3)24-22(26)15-12-17(23)21(31-9-4)19(13-15)29-5/h10-14H,6-9H2,1-5H3,(H,24,26). The van der Waals surface area contributed by atoms with Crippen molar-refractivity contribution < 1.29 is 27.4 Å². The van der Waals surface area contributed by atoms with Crippen LogP contribution in [0.2, 0.25) is 5.02 Å². The number of nitrogens with zero attached hydrogens (tertiary/aromatic N) is 1. The minimum atomic E-state index is -3.81. The van der Waals surface area contributed by atoms with Crippen LogP contribution >= 0.6 is 11.6 Å². The molecule has 0 saturated carbocycles. The maximum Gasteiger partial charge on any atom is 0.255 e. The Bertz CT molecular complexity index is 1050. The number of hydrogen-bond donors (Lipinski definition) is 1. The number of methoxy groups -OCH3 is 1. The van der Waals surface area contributed by atoms with E-state index in [0.29, 0.717) is 43.5 Å². The molecule has 176 valence electrons. The maximum absolute atomic E-state index is 13.1. The zero-order chi connectivity index (χ0) is 23.9. The molecule has 0 aliphatic carbocycles. The van der Waals surface area contributed by atoms with Crippen molar-refractivity contribution in [2.24, 2.45) is 0 Å². The van der Waals surface area contributed by atoms with Crippen molar-refractivity contribution in [3.8, 4) is 17.2 Å². The smallest absolute Gasteiger partial charge is 0.255 e. The fourth-order valence-corrected chi connectivity index (χ4v) is 4.98. The summed E-state index contributed by atoms with van der Waals surface area (Å²) in [5.74, 6) is 0.412. The van der Waals surface area contributed by atoms with Gasteiger partial charge in [-0.1, -0.05) is 25.4 Å². The predicted molar refractivity (Wildman–Crippen MR) is 125 cm³/mol. The summed E-state index contributed by atoms with van der Waals surface area (Å²) in [5, 5.41) is 2.94. The number of carbonyl (C=O) groups is 1. The molecule has 0 aliphatic rings. The Labute approximate surface area is 194 Å². The molecule has 0 spiro atoms. The summed E-state index contributed by atoms with van der Waals surface area (Å²) >= 11 is 6.26. The molecule has 10 heteroatoms. The lowest BCUT2D eigenvalue weighted by Crippen LogP contribution is -2.31. The van der Waals surface area contributed by atoms with E-state index >= 15 is 0 Å². The molecule has 0 aromatic heterocycles. The van der Waals surface area contributed by atoms with E-state index < -0.39 is 15.9 Å². The molecule has 2 aromatic rings. The number of halogens is 1. The van der Waals surface area contributed by atoms with Gasteiger partial charge in [0, 0.05) is 24.3 Å². The molecule has 2 rings (SSSR count). The number of ether oxygens (including phenoxy) is 3. The van der Waals surface area contributed by atoms with Crippen LogP contribution in [0.25, 0.3) is 0 Å². The minimum Gasteiger partial charge on any atom is -0.493 e. The summed E-state index contributed by atoms with van der Waals surface area (Å²) in [5.41, 5.74) is 0.533. The molecular weight excluding hydrogens is 456 g/mol. The van der Waals surface area contributed by atoms with Crippen LogP contribution in [0.1, 0.15) is 38.1 Å². The second-order valence-electron chi connectivity index (χ2n) is 6.56. The first-order chi connectivity index (χ1) is 15.2. The first-order valence-electron chi connectivity index (χ1n) is 10.3. The van der Waals surface area contributed by atoms with Crippen molar-refractivity contribution in [1.82, 2.24) is 4.31 Å². The number of benzene rings is 2. The van der Waals surface area contributed by atoms with Crippen molar-refractivity contribution in [3.05, 3.63) is 40.9 Å². The minimum absolute atomic E-state index is 0.0110. The zero-order valence-electron chi connectivity index (χ0n) is 18.9. The number of amides is 1. The molecule has 0 saturated heterocycles. The fraction of sp³-hybridized carbons (Fsp3) is 0.409. The highest BCUT2D eigenvalue weighted by Gasteiger charge is 2.26. The maximum atomic E-state index is 13.1. The summed E-state index contributed by atoms with van der Waals surface area (Å²) in [6.07, 6.45) is 0. The van der Waals surface area contributed by atoms with Gasteiger partial charge >= 0.3 is 0 Å². The molecule has 0 heterocycles. The van der Waals surface area contributed by atoms with Crippen LogP contribution in [0.4, 0.5) is 5.69 Å². The monoisotopic (exact) mass is 484 g/mol. The van der Waals surface area contributed by atoms with E-state index in [1.54, 1.807) is 26.8 Å². The van der Waals surface area contributed by atoms with Crippen LogP contribution < -0.4 is 19.5 Å². The average molecular weight is 485 g/mol. The Morgan fingerprint density at radius 1 is 1.00 bits per heavy atom. The van der Waals surface area contributed by atoms with Gasteiger partial charge in [-0.3, -0.25) is 4.79 Å². The van der Waals surface area contributed by atoms with E-state index in [4.69, 9.17) is 25.8 Å². The van der Waals surface area contributed by atoms with Crippen molar-refractivity contribution in [2.45, 2.75) is 32.6 Å². The molecule has 2 aromatic carbocycles. The van der Waals surface area contributed by atoms with Gasteiger partial charge in [-0.15, -0.1) is 0 Å². The molecule has 8 nitrogen and oxygen atoms in total. The molecule has 0 aliphatic heterocycles. The molecule has 0 fully saturated rings. The van der Waals surface area contributed by atoms with Crippen LogP contribution in [-0.2, 0) is 10.0 Å². The average Bonchev–Trinajstić information content (AvgIpc) is 2.76. The lowest BCUT2D eigenvalue weighted by atomic mass is 10.1. The Morgan fingerprint density at radius 2 is 1.66 bits per heavy atom. The van der Waals surface area contributed by atoms with E-state index in [2.05, 4.69) is 5.32 Å². The van der Waals surface area contributed by atoms with Gasteiger partial charge < -0.3 is 19.5 Å². The summed E-state index contributed by atoms with van der Waals surface area (Å²) in [6.45, 7) is 8.41. The Hall–Kier alpha value is -2.49.